The number of amides is 1. The highest BCUT2D eigenvalue weighted by atomic mass is 32.2. The maximum Gasteiger partial charge on any atom is 0.235 e. The van der Waals surface area contributed by atoms with Crippen LogP contribution in [-0.2, 0) is 4.79 Å². The molecule has 0 aromatic carbocycles. The number of nitrogens with two attached hydrogens (primary N) is 1. The highest BCUT2D eigenvalue weighted by Gasteiger charge is 2.27. The van der Waals surface area contributed by atoms with E-state index in [4.69, 9.17) is 18.0 Å². The number of thioether (sulfide) groups is 1. The first-order chi connectivity index (χ1) is 8.00. The van der Waals surface area contributed by atoms with Crippen LogP contribution in [0.15, 0.2) is 0 Å². The van der Waals surface area contributed by atoms with Gasteiger partial charge < -0.3 is 10.6 Å². The summed E-state index contributed by atoms with van der Waals surface area (Å²) in [7, 11) is 0. The number of hydrogen-bond donors (Lipinski definition) is 1. The van der Waals surface area contributed by atoms with Crippen molar-refractivity contribution >= 4 is 34.9 Å². The third kappa shape index (κ3) is 5.25. The Morgan fingerprint density at radius 2 is 2.29 bits per heavy atom. The lowest BCUT2D eigenvalue weighted by atomic mass is 10.1. The highest BCUT2D eigenvalue weighted by molar-refractivity contribution is 8.00. The van der Waals surface area contributed by atoms with E-state index in [1.165, 1.54) is 0 Å². The molecule has 0 spiro atoms. The number of carbonyl (C=O) groups excluding carboxylic acids is 1. The van der Waals surface area contributed by atoms with Crippen molar-refractivity contribution in [2.45, 2.75) is 38.4 Å². The molecule has 3 nitrogen and oxygen atoms in total. The van der Waals surface area contributed by atoms with Gasteiger partial charge in [0.25, 0.3) is 0 Å². The van der Waals surface area contributed by atoms with E-state index >= 15 is 0 Å². The molecular formula is C12H22N2OS2. The fourth-order valence-corrected chi connectivity index (χ4v) is 3.29. The Bertz CT molecular complexity index is 276. The molecular weight excluding hydrogens is 252 g/mol. The lowest BCUT2D eigenvalue weighted by molar-refractivity contribution is -0.131. The normalized spacial score (nSPS) is 19.6. The van der Waals surface area contributed by atoms with Gasteiger partial charge in [-0.3, -0.25) is 4.79 Å². The molecule has 17 heavy (non-hydrogen) atoms. The number of hydrogen-bond acceptors (Lipinski definition) is 3. The van der Waals surface area contributed by atoms with Crippen molar-refractivity contribution in [1.29, 1.82) is 0 Å². The Labute approximate surface area is 113 Å². The maximum atomic E-state index is 12.3. The van der Waals surface area contributed by atoms with Gasteiger partial charge in [-0.15, -0.1) is 11.8 Å². The molecule has 1 rings (SSSR count). The largest absolute Gasteiger partial charge is 0.393 e. The van der Waals surface area contributed by atoms with Crippen LogP contribution in [-0.4, -0.2) is 39.9 Å². The molecule has 0 aromatic heterocycles. The van der Waals surface area contributed by atoms with Gasteiger partial charge in [0.05, 0.1) is 10.2 Å². The molecule has 1 unspecified atom stereocenters. The van der Waals surface area contributed by atoms with Crippen LogP contribution in [0.25, 0.3) is 0 Å². The molecule has 5 heteroatoms. The first-order valence-electron chi connectivity index (χ1n) is 6.19. The van der Waals surface area contributed by atoms with Crippen molar-refractivity contribution in [2.75, 3.05) is 18.8 Å². The van der Waals surface area contributed by atoms with Crippen molar-refractivity contribution in [3.05, 3.63) is 0 Å². The molecule has 1 saturated heterocycles. The topological polar surface area (TPSA) is 46.3 Å². The summed E-state index contributed by atoms with van der Waals surface area (Å²) < 4.78 is 0. The number of thiocarbonyl (C=S) groups is 1. The summed E-state index contributed by atoms with van der Waals surface area (Å²) in [5.41, 5.74) is 5.51. The summed E-state index contributed by atoms with van der Waals surface area (Å²) in [6.07, 6.45) is 2.81. The van der Waals surface area contributed by atoms with Crippen LogP contribution in [0.1, 0.15) is 33.1 Å². The minimum Gasteiger partial charge on any atom is -0.393 e. The van der Waals surface area contributed by atoms with Crippen LogP contribution in [0.5, 0.6) is 0 Å². The predicted octanol–water partition coefficient (Wildman–Crippen LogP) is 2.04. The second-order valence-electron chi connectivity index (χ2n) is 4.90. The molecule has 0 aromatic rings. The van der Waals surface area contributed by atoms with Crippen molar-refractivity contribution in [2.24, 2.45) is 11.7 Å². The molecule has 1 aliphatic heterocycles. The first-order valence-corrected chi connectivity index (χ1v) is 7.65. The zero-order valence-electron chi connectivity index (χ0n) is 10.6. The SMILES string of the molecule is CC(C)CN(CCC(N)=S)C(=O)C1CCCS1. The van der Waals surface area contributed by atoms with Gasteiger partial charge >= 0.3 is 0 Å². The van der Waals surface area contributed by atoms with E-state index in [1.807, 2.05) is 4.90 Å². The number of carbonyl (C=O) groups is 1. The standard InChI is InChI=1S/C12H22N2OS2/c1-9(2)8-14(6-5-11(13)16)12(15)10-4-3-7-17-10/h9-10H,3-8H2,1-2H3,(H2,13,16). The van der Waals surface area contributed by atoms with Crippen molar-refractivity contribution in [3.8, 4) is 0 Å². The van der Waals surface area contributed by atoms with Gasteiger partial charge in [0.2, 0.25) is 5.91 Å². The summed E-state index contributed by atoms with van der Waals surface area (Å²) in [5, 5.41) is 0.167. The third-order valence-corrected chi connectivity index (χ3v) is 4.30. The summed E-state index contributed by atoms with van der Waals surface area (Å²) in [4.78, 5) is 14.7. The molecule has 1 amide bonds. The van der Waals surface area contributed by atoms with E-state index in [2.05, 4.69) is 13.8 Å². The molecule has 1 atom stereocenters. The monoisotopic (exact) mass is 274 g/mol. The van der Waals surface area contributed by atoms with E-state index in [0.717, 1.165) is 25.1 Å². The molecule has 0 bridgehead atoms. The number of nitrogens with zero attached hydrogens (tertiary/aromatic N) is 1. The minimum atomic E-state index is 0.167. The molecule has 0 saturated carbocycles. The van der Waals surface area contributed by atoms with Crippen LogP contribution in [0.4, 0.5) is 0 Å². The van der Waals surface area contributed by atoms with Gasteiger partial charge in [0, 0.05) is 19.5 Å². The summed E-state index contributed by atoms with van der Waals surface area (Å²) in [5.74, 6) is 1.87. The Kier molecular flexibility index (Phi) is 6.27. The van der Waals surface area contributed by atoms with Crippen molar-refractivity contribution in [3.63, 3.8) is 0 Å². The quantitative estimate of drug-likeness (QED) is 0.753. The Morgan fingerprint density at radius 3 is 2.76 bits per heavy atom. The summed E-state index contributed by atoms with van der Waals surface area (Å²) >= 11 is 6.67. The molecule has 0 aliphatic carbocycles. The molecule has 98 valence electrons. The zero-order valence-corrected chi connectivity index (χ0v) is 12.3. The van der Waals surface area contributed by atoms with Crippen LogP contribution in [0, 0.1) is 5.92 Å². The van der Waals surface area contributed by atoms with Crippen LogP contribution < -0.4 is 5.73 Å². The summed E-state index contributed by atoms with van der Waals surface area (Å²) in [6, 6.07) is 0. The molecule has 1 heterocycles. The van der Waals surface area contributed by atoms with Gasteiger partial charge in [-0.25, -0.2) is 0 Å². The third-order valence-electron chi connectivity index (χ3n) is 2.73. The Hall–Kier alpha value is -0.290. The van der Waals surface area contributed by atoms with Crippen molar-refractivity contribution < 1.29 is 4.79 Å². The smallest absolute Gasteiger partial charge is 0.235 e. The fraction of sp³-hybridized carbons (Fsp3) is 0.833. The van der Waals surface area contributed by atoms with E-state index in [-0.39, 0.29) is 11.2 Å². The van der Waals surface area contributed by atoms with Crippen molar-refractivity contribution in [1.82, 2.24) is 4.90 Å². The van der Waals surface area contributed by atoms with Crippen LogP contribution >= 0.6 is 24.0 Å². The molecule has 1 aliphatic rings. The second-order valence-corrected chi connectivity index (χ2v) is 6.73. The Morgan fingerprint density at radius 1 is 1.59 bits per heavy atom. The molecule has 1 fully saturated rings. The molecule has 2 N–H and O–H groups in total. The minimum absolute atomic E-state index is 0.167. The van der Waals surface area contributed by atoms with E-state index < -0.39 is 0 Å². The second kappa shape index (κ2) is 7.21. The van der Waals surface area contributed by atoms with E-state index in [0.29, 0.717) is 23.9 Å². The first kappa shape index (κ1) is 14.8. The zero-order chi connectivity index (χ0) is 12.8. The van der Waals surface area contributed by atoms with Gasteiger partial charge in [0.15, 0.2) is 0 Å². The van der Waals surface area contributed by atoms with E-state index in [9.17, 15) is 4.79 Å². The van der Waals surface area contributed by atoms with Gasteiger partial charge in [-0.1, -0.05) is 26.1 Å². The van der Waals surface area contributed by atoms with Gasteiger partial charge in [-0.05, 0) is 24.5 Å². The predicted molar refractivity (Wildman–Crippen MR) is 78.3 cm³/mol. The average molecular weight is 274 g/mol. The lowest BCUT2D eigenvalue weighted by Crippen LogP contribution is -2.40. The van der Waals surface area contributed by atoms with E-state index in [1.54, 1.807) is 11.8 Å². The highest BCUT2D eigenvalue weighted by Crippen LogP contribution is 2.28. The molecule has 0 radical (unpaired) electrons. The number of rotatable bonds is 6. The summed E-state index contributed by atoms with van der Waals surface area (Å²) in [6.45, 7) is 5.73. The Balaban J connectivity index is 2.53. The van der Waals surface area contributed by atoms with Gasteiger partial charge in [-0.2, -0.15) is 0 Å². The fourth-order valence-electron chi connectivity index (χ4n) is 1.95. The maximum absolute atomic E-state index is 12.3. The average Bonchev–Trinajstić information content (AvgIpc) is 2.75. The van der Waals surface area contributed by atoms with Gasteiger partial charge in [0.1, 0.15) is 0 Å². The van der Waals surface area contributed by atoms with Crippen LogP contribution in [0.3, 0.4) is 0 Å². The van der Waals surface area contributed by atoms with Crippen LogP contribution in [0.2, 0.25) is 0 Å². The lowest BCUT2D eigenvalue weighted by Gasteiger charge is -2.26.